The zero-order chi connectivity index (χ0) is 10.4. The first-order valence-corrected chi connectivity index (χ1v) is 4.24. The van der Waals surface area contributed by atoms with Crippen molar-refractivity contribution in [3.05, 3.63) is 29.8 Å². The molecule has 3 heteroatoms. The van der Waals surface area contributed by atoms with Gasteiger partial charge in [0.05, 0.1) is 6.42 Å². The van der Waals surface area contributed by atoms with Crippen LogP contribution in [0.5, 0.6) is 0 Å². The van der Waals surface area contributed by atoms with Gasteiger partial charge in [-0.2, -0.15) is 0 Å². The third kappa shape index (κ3) is 3.20. The number of terminal acetylenes is 1. The lowest BCUT2D eigenvalue weighted by atomic mass is 10.2. The van der Waals surface area contributed by atoms with Crippen LogP contribution in [0.1, 0.15) is 12.0 Å². The van der Waals surface area contributed by atoms with Gasteiger partial charge in [0.15, 0.2) is 0 Å². The molecular weight excluding hydrogens is 178 g/mol. The molecule has 1 rings (SSSR count). The molecule has 0 amide bonds. The first-order valence-electron chi connectivity index (χ1n) is 4.24. The summed E-state index contributed by atoms with van der Waals surface area (Å²) in [6, 6.07) is 7.31. The number of carbonyl (C=O) groups is 1. The van der Waals surface area contributed by atoms with Crippen molar-refractivity contribution in [2.75, 3.05) is 11.9 Å². The molecule has 14 heavy (non-hydrogen) atoms. The average molecular weight is 189 g/mol. The molecule has 0 aliphatic rings. The van der Waals surface area contributed by atoms with Crippen molar-refractivity contribution in [2.24, 2.45) is 0 Å². The van der Waals surface area contributed by atoms with E-state index in [0.29, 0.717) is 6.54 Å². The number of rotatable bonds is 4. The molecule has 0 heterocycles. The van der Waals surface area contributed by atoms with E-state index in [1.807, 2.05) is 24.3 Å². The second-order valence-electron chi connectivity index (χ2n) is 2.80. The summed E-state index contributed by atoms with van der Waals surface area (Å²) in [5.74, 6) is 1.70. The van der Waals surface area contributed by atoms with Crippen molar-refractivity contribution in [3.63, 3.8) is 0 Å². The Kier molecular flexibility index (Phi) is 3.57. The van der Waals surface area contributed by atoms with E-state index in [-0.39, 0.29) is 6.42 Å². The van der Waals surface area contributed by atoms with Gasteiger partial charge in [-0.05, 0) is 18.2 Å². The molecule has 0 radical (unpaired) electrons. The predicted octanol–water partition coefficient (Wildman–Crippen LogP) is 1.55. The van der Waals surface area contributed by atoms with Gasteiger partial charge >= 0.3 is 5.97 Å². The van der Waals surface area contributed by atoms with Crippen LogP contribution in [-0.2, 0) is 4.79 Å². The van der Waals surface area contributed by atoms with E-state index < -0.39 is 5.97 Å². The number of anilines is 1. The number of carboxylic acid groups (broad SMARTS) is 1. The minimum Gasteiger partial charge on any atom is -0.481 e. The van der Waals surface area contributed by atoms with Crippen molar-refractivity contribution < 1.29 is 9.90 Å². The summed E-state index contributed by atoms with van der Waals surface area (Å²) in [6.07, 6.45) is 5.32. The van der Waals surface area contributed by atoms with Crippen LogP contribution in [0.4, 0.5) is 5.69 Å². The first-order chi connectivity index (χ1) is 6.72. The Hall–Kier alpha value is -1.95. The summed E-state index contributed by atoms with van der Waals surface area (Å²) in [4.78, 5) is 10.2. The highest BCUT2D eigenvalue weighted by Gasteiger charge is 1.96. The van der Waals surface area contributed by atoms with Gasteiger partial charge in [0, 0.05) is 17.8 Å². The van der Waals surface area contributed by atoms with Gasteiger partial charge in [0.25, 0.3) is 0 Å². The second-order valence-corrected chi connectivity index (χ2v) is 2.80. The molecule has 0 saturated carbocycles. The standard InChI is InChI=1S/C11H11NO2/c1-2-9-4-3-5-10(8-9)12-7-6-11(13)14/h1,3-5,8,12H,6-7H2,(H,13,14). The molecule has 0 fully saturated rings. The van der Waals surface area contributed by atoms with E-state index in [0.717, 1.165) is 11.3 Å². The van der Waals surface area contributed by atoms with Crippen LogP contribution in [-0.4, -0.2) is 17.6 Å². The predicted molar refractivity (Wildman–Crippen MR) is 55.1 cm³/mol. The highest BCUT2D eigenvalue weighted by atomic mass is 16.4. The molecular formula is C11H11NO2. The zero-order valence-electron chi connectivity index (χ0n) is 7.66. The molecule has 3 nitrogen and oxygen atoms in total. The topological polar surface area (TPSA) is 49.3 Å². The molecule has 0 aliphatic heterocycles. The highest BCUT2D eigenvalue weighted by molar-refractivity contribution is 5.67. The van der Waals surface area contributed by atoms with E-state index in [1.165, 1.54) is 0 Å². The summed E-state index contributed by atoms with van der Waals surface area (Å²) in [6.45, 7) is 0.406. The lowest BCUT2D eigenvalue weighted by Crippen LogP contribution is -2.07. The number of hydrogen-bond donors (Lipinski definition) is 2. The smallest absolute Gasteiger partial charge is 0.305 e. The van der Waals surface area contributed by atoms with E-state index in [1.54, 1.807) is 0 Å². The minimum atomic E-state index is -0.814. The maximum atomic E-state index is 10.2. The van der Waals surface area contributed by atoms with Gasteiger partial charge < -0.3 is 10.4 Å². The van der Waals surface area contributed by atoms with Crippen molar-refractivity contribution in [3.8, 4) is 12.3 Å². The Morgan fingerprint density at radius 2 is 2.36 bits per heavy atom. The van der Waals surface area contributed by atoms with Crippen LogP contribution in [0, 0.1) is 12.3 Å². The molecule has 0 aromatic heterocycles. The molecule has 0 unspecified atom stereocenters. The Balaban J connectivity index is 2.51. The summed E-state index contributed by atoms with van der Waals surface area (Å²) in [5, 5.41) is 11.4. The third-order valence-corrected chi connectivity index (χ3v) is 1.70. The fourth-order valence-electron chi connectivity index (χ4n) is 1.03. The van der Waals surface area contributed by atoms with E-state index in [2.05, 4.69) is 11.2 Å². The summed E-state index contributed by atoms with van der Waals surface area (Å²) < 4.78 is 0. The Morgan fingerprint density at radius 1 is 1.57 bits per heavy atom. The van der Waals surface area contributed by atoms with Gasteiger partial charge in [0.1, 0.15) is 0 Å². The van der Waals surface area contributed by atoms with Crippen molar-refractivity contribution in [1.29, 1.82) is 0 Å². The highest BCUT2D eigenvalue weighted by Crippen LogP contribution is 2.09. The molecule has 2 N–H and O–H groups in total. The minimum absolute atomic E-state index is 0.0975. The van der Waals surface area contributed by atoms with Gasteiger partial charge in [-0.25, -0.2) is 0 Å². The Labute approximate surface area is 82.8 Å². The van der Waals surface area contributed by atoms with Gasteiger partial charge in [0.2, 0.25) is 0 Å². The van der Waals surface area contributed by atoms with Crippen LogP contribution >= 0.6 is 0 Å². The fraction of sp³-hybridized carbons (Fsp3) is 0.182. The number of carboxylic acids is 1. The van der Waals surface area contributed by atoms with E-state index >= 15 is 0 Å². The zero-order valence-corrected chi connectivity index (χ0v) is 7.66. The van der Waals surface area contributed by atoms with Crippen molar-refractivity contribution in [2.45, 2.75) is 6.42 Å². The maximum Gasteiger partial charge on any atom is 0.305 e. The fourth-order valence-corrected chi connectivity index (χ4v) is 1.03. The average Bonchev–Trinajstić information content (AvgIpc) is 2.18. The van der Waals surface area contributed by atoms with E-state index in [4.69, 9.17) is 11.5 Å². The quantitative estimate of drug-likeness (QED) is 0.706. The first kappa shape index (κ1) is 10.1. The molecule has 0 saturated heterocycles. The van der Waals surface area contributed by atoms with Crippen molar-refractivity contribution in [1.82, 2.24) is 0 Å². The normalized spacial score (nSPS) is 9.07. The van der Waals surface area contributed by atoms with Crippen LogP contribution in [0.25, 0.3) is 0 Å². The molecule has 0 atom stereocenters. The molecule has 0 bridgehead atoms. The molecule has 0 spiro atoms. The number of nitrogens with one attached hydrogen (secondary N) is 1. The second kappa shape index (κ2) is 4.93. The van der Waals surface area contributed by atoms with Crippen LogP contribution in [0.15, 0.2) is 24.3 Å². The summed E-state index contributed by atoms with van der Waals surface area (Å²) >= 11 is 0. The molecule has 72 valence electrons. The van der Waals surface area contributed by atoms with Gasteiger partial charge in [-0.3, -0.25) is 4.79 Å². The SMILES string of the molecule is C#Cc1cccc(NCCC(=O)O)c1. The van der Waals surface area contributed by atoms with E-state index in [9.17, 15) is 4.79 Å². The largest absolute Gasteiger partial charge is 0.481 e. The maximum absolute atomic E-state index is 10.2. The number of benzene rings is 1. The molecule has 0 aliphatic carbocycles. The van der Waals surface area contributed by atoms with Crippen LogP contribution in [0.3, 0.4) is 0 Å². The number of aliphatic carboxylic acids is 1. The monoisotopic (exact) mass is 189 g/mol. The summed E-state index contributed by atoms with van der Waals surface area (Å²) in [5.41, 5.74) is 1.63. The lowest BCUT2D eigenvalue weighted by molar-refractivity contribution is -0.136. The van der Waals surface area contributed by atoms with Crippen molar-refractivity contribution >= 4 is 11.7 Å². The third-order valence-electron chi connectivity index (χ3n) is 1.70. The lowest BCUT2D eigenvalue weighted by Gasteiger charge is -2.04. The van der Waals surface area contributed by atoms with Crippen LogP contribution < -0.4 is 5.32 Å². The van der Waals surface area contributed by atoms with Crippen LogP contribution in [0.2, 0.25) is 0 Å². The Morgan fingerprint density at radius 3 is 3.00 bits per heavy atom. The number of hydrogen-bond acceptors (Lipinski definition) is 2. The summed E-state index contributed by atoms with van der Waals surface area (Å²) in [7, 11) is 0. The molecule has 1 aromatic carbocycles. The van der Waals surface area contributed by atoms with Gasteiger partial charge in [-0.1, -0.05) is 12.0 Å². The Bertz CT molecular complexity index is 366. The van der Waals surface area contributed by atoms with Gasteiger partial charge in [-0.15, -0.1) is 6.42 Å². The molecule has 1 aromatic rings.